The summed E-state index contributed by atoms with van der Waals surface area (Å²) in [6, 6.07) is 10.7. The van der Waals surface area contributed by atoms with Crippen LogP contribution in [-0.4, -0.2) is 18.1 Å². The lowest BCUT2D eigenvalue weighted by molar-refractivity contribution is 0.551. The van der Waals surface area contributed by atoms with Crippen molar-refractivity contribution < 1.29 is 5.48 Å². The van der Waals surface area contributed by atoms with Crippen molar-refractivity contribution >= 4 is 24.8 Å². The lowest BCUT2D eigenvalue weighted by atomic mass is 10.0. The molecule has 1 saturated heterocycles. The molecule has 88 valence electrons. The summed E-state index contributed by atoms with van der Waals surface area (Å²) in [7, 11) is 0. The fourth-order valence-corrected chi connectivity index (χ4v) is 1.50. The maximum Gasteiger partial charge on any atom is 0.0626 e. The topological polar surface area (TPSA) is 81.6 Å². The first-order valence-corrected chi connectivity index (χ1v) is 4.17. The number of nitrogens with two attached hydrogens (primary N) is 1. The van der Waals surface area contributed by atoms with E-state index in [0.717, 1.165) is 6.54 Å². The highest BCUT2D eigenvalue weighted by molar-refractivity contribution is 5.85. The standard InChI is InChI=1S/C9H13N3.2ClH.H2O/c10-8-6-11-12-9(8)7-4-2-1-3-5-7;;;/h1-5,8-9,11-12H,6,10H2;2*1H;1H2. The van der Waals surface area contributed by atoms with Crippen molar-refractivity contribution in [3.8, 4) is 0 Å². The molecule has 0 spiro atoms. The van der Waals surface area contributed by atoms with Crippen LogP contribution >= 0.6 is 24.8 Å². The first-order valence-electron chi connectivity index (χ1n) is 4.17. The van der Waals surface area contributed by atoms with E-state index in [1.807, 2.05) is 18.2 Å². The van der Waals surface area contributed by atoms with Gasteiger partial charge in [0, 0.05) is 12.6 Å². The molecule has 0 radical (unpaired) electrons. The molecule has 1 aromatic rings. The van der Waals surface area contributed by atoms with E-state index < -0.39 is 0 Å². The van der Waals surface area contributed by atoms with E-state index in [1.54, 1.807) is 0 Å². The third-order valence-corrected chi connectivity index (χ3v) is 2.18. The Morgan fingerprint density at radius 1 is 1.13 bits per heavy atom. The zero-order chi connectivity index (χ0) is 8.39. The van der Waals surface area contributed by atoms with Gasteiger partial charge in [-0.15, -0.1) is 24.8 Å². The quantitative estimate of drug-likeness (QED) is 0.668. The molecule has 0 amide bonds. The summed E-state index contributed by atoms with van der Waals surface area (Å²) >= 11 is 0. The Bertz CT molecular complexity index is 261. The predicted molar refractivity (Wildman–Crippen MR) is 66.4 cm³/mol. The van der Waals surface area contributed by atoms with Gasteiger partial charge in [-0.25, -0.2) is 5.43 Å². The average molecular weight is 254 g/mol. The lowest BCUT2D eigenvalue weighted by Crippen LogP contribution is -2.29. The summed E-state index contributed by atoms with van der Waals surface area (Å²) in [4.78, 5) is 0. The Morgan fingerprint density at radius 2 is 1.73 bits per heavy atom. The van der Waals surface area contributed by atoms with Crippen LogP contribution in [-0.2, 0) is 0 Å². The van der Waals surface area contributed by atoms with Crippen molar-refractivity contribution in [2.45, 2.75) is 12.1 Å². The highest BCUT2D eigenvalue weighted by Crippen LogP contribution is 2.16. The Hall–Kier alpha value is -0.360. The number of rotatable bonds is 1. The fourth-order valence-electron chi connectivity index (χ4n) is 1.50. The molecule has 6 N–H and O–H groups in total. The SMILES string of the molecule is Cl.Cl.NC1CNNC1c1ccccc1.O. The number of nitrogens with one attached hydrogen (secondary N) is 2. The van der Waals surface area contributed by atoms with Crippen LogP contribution in [0, 0.1) is 0 Å². The maximum absolute atomic E-state index is 5.89. The highest BCUT2D eigenvalue weighted by atomic mass is 35.5. The predicted octanol–water partition coefficient (Wildman–Crippen LogP) is 0.182. The summed E-state index contributed by atoms with van der Waals surface area (Å²) in [5.41, 5.74) is 13.3. The van der Waals surface area contributed by atoms with Crippen molar-refractivity contribution in [2.75, 3.05) is 6.54 Å². The van der Waals surface area contributed by atoms with Gasteiger partial charge in [0.15, 0.2) is 0 Å². The van der Waals surface area contributed by atoms with Gasteiger partial charge in [0.2, 0.25) is 0 Å². The van der Waals surface area contributed by atoms with Crippen molar-refractivity contribution in [3.63, 3.8) is 0 Å². The molecule has 1 aromatic carbocycles. The van der Waals surface area contributed by atoms with Gasteiger partial charge in [-0.1, -0.05) is 30.3 Å². The van der Waals surface area contributed by atoms with Crippen LogP contribution in [0.3, 0.4) is 0 Å². The van der Waals surface area contributed by atoms with Gasteiger partial charge in [-0.3, -0.25) is 5.43 Å². The molecule has 1 aliphatic heterocycles. The Kier molecular flexibility index (Phi) is 8.95. The summed E-state index contributed by atoms with van der Waals surface area (Å²) in [6.45, 7) is 0.833. The number of halogens is 2. The minimum absolute atomic E-state index is 0. The maximum atomic E-state index is 5.89. The van der Waals surface area contributed by atoms with Gasteiger partial charge in [0.1, 0.15) is 0 Å². The minimum atomic E-state index is 0. The average Bonchev–Trinajstić information content (AvgIpc) is 2.53. The molecule has 1 heterocycles. The van der Waals surface area contributed by atoms with Crippen LogP contribution in [0.4, 0.5) is 0 Å². The summed E-state index contributed by atoms with van der Waals surface area (Å²) in [5.74, 6) is 0. The smallest absolute Gasteiger partial charge is 0.0626 e. The van der Waals surface area contributed by atoms with E-state index in [0.29, 0.717) is 0 Å². The molecular formula is C9H17Cl2N3O. The number of hydrogen-bond acceptors (Lipinski definition) is 3. The van der Waals surface area contributed by atoms with Crippen molar-refractivity contribution in [1.29, 1.82) is 0 Å². The first-order chi connectivity index (χ1) is 5.88. The second-order valence-electron chi connectivity index (χ2n) is 3.08. The molecule has 1 fully saturated rings. The highest BCUT2D eigenvalue weighted by Gasteiger charge is 2.23. The van der Waals surface area contributed by atoms with Gasteiger partial charge < -0.3 is 11.2 Å². The number of benzene rings is 1. The van der Waals surface area contributed by atoms with Crippen LogP contribution in [0.5, 0.6) is 0 Å². The third kappa shape index (κ3) is 3.95. The molecule has 0 bridgehead atoms. The molecule has 0 saturated carbocycles. The van der Waals surface area contributed by atoms with Crippen LogP contribution in [0.1, 0.15) is 11.6 Å². The second-order valence-corrected chi connectivity index (χ2v) is 3.08. The van der Waals surface area contributed by atoms with Crippen LogP contribution in [0.15, 0.2) is 30.3 Å². The van der Waals surface area contributed by atoms with Gasteiger partial charge >= 0.3 is 0 Å². The summed E-state index contributed by atoms with van der Waals surface area (Å²) < 4.78 is 0. The van der Waals surface area contributed by atoms with Gasteiger partial charge in [-0.2, -0.15) is 0 Å². The van der Waals surface area contributed by atoms with Crippen molar-refractivity contribution in [3.05, 3.63) is 35.9 Å². The number of hydrazine groups is 1. The molecule has 6 heteroatoms. The van der Waals surface area contributed by atoms with Crippen LogP contribution in [0.25, 0.3) is 0 Å². The molecule has 0 aliphatic carbocycles. The van der Waals surface area contributed by atoms with Crippen molar-refractivity contribution in [1.82, 2.24) is 10.9 Å². The van der Waals surface area contributed by atoms with E-state index in [1.165, 1.54) is 5.56 Å². The van der Waals surface area contributed by atoms with Gasteiger partial charge in [0.25, 0.3) is 0 Å². The van der Waals surface area contributed by atoms with Gasteiger partial charge in [0.05, 0.1) is 6.04 Å². The van der Waals surface area contributed by atoms with Crippen molar-refractivity contribution in [2.24, 2.45) is 5.73 Å². The normalized spacial score (nSPS) is 23.3. The summed E-state index contributed by atoms with van der Waals surface area (Å²) in [6.07, 6.45) is 0. The zero-order valence-corrected chi connectivity index (χ0v) is 9.78. The number of hydrogen-bond donors (Lipinski definition) is 3. The minimum Gasteiger partial charge on any atom is -0.412 e. The molecule has 2 rings (SSSR count). The zero-order valence-electron chi connectivity index (χ0n) is 8.14. The lowest BCUT2D eigenvalue weighted by Gasteiger charge is -2.13. The van der Waals surface area contributed by atoms with E-state index in [4.69, 9.17) is 5.73 Å². The molecule has 2 unspecified atom stereocenters. The molecule has 4 nitrogen and oxygen atoms in total. The Morgan fingerprint density at radius 3 is 2.20 bits per heavy atom. The first kappa shape index (κ1) is 17.0. The Balaban J connectivity index is 0. The third-order valence-electron chi connectivity index (χ3n) is 2.18. The van der Waals surface area contributed by atoms with Crippen LogP contribution < -0.4 is 16.6 Å². The molecule has 1 aliphatic rings. The summed E-state index contributed by atoms with van der Waals surface area (Å²) in [5, 5.41) is 0. The molecular weight excluding hydrogens is 237 g/mol. The van der Waals surface area contributed by atoms with E-state index in [-0.39, 0.29) is 42.4 Å². The van der Waals surface area contributed by atoms with E-state index in [9.17, 15) is 0 Å². The monoisotopic (exact) mass is 253 g/mol. The molecule has 0 aromatic heterocycles. The molecule has 15 heavy (non-hydrogen) atoms. The van der Waals surface area contributed by atoms with Crippen LogP contribution in [0.2, 0.25) is 0 Å². The van der Waals surface area contributed by atoms with E-state index >= 15 is 0 Å². The second kappa shape index (κ2) is 7.87. The largest absolute Gasteiger partial charge is 0.412 e. The van der Waals surface area contributed by atoms with Gasteiger partial charge in [-0.05, 0) is 5.56 Å². The Labute approximate surface area is 102 Å². The van der Waals surface area contributed by atoms with E-state index in [2.05, 4.69) is 23.0 Å². The molecule has 2 atom stereocenters. The fraction of sp³-hybridized carbons (Fsp3) is 0.333.